The predicted octanol–water partition coefficient (Wildman–Crippen LogP) is 3.19. The third-order valence-corrected chi connectivity index (χ3v) is 4.73. The fourth-order valence-corrected chi connectivity index (χ4v) is 3.34. The van der Waals surface area contributed by atoms with Gasteiger partial charge in [0.1, 0.15) is 5.82 Å². The van der Waals surface area contributed by atoms with Crippen LogP contribution in [0.5, 0.6) is 11.5 Å². The first kappa shape index (κ1) is 16.5. The Morgan fingerprint density at radius 3 is 2.96 bits per heavy atom. The zero-order valence-electron chi connectivity index (χ0n) is 14.0. The molecule has 132 valence electrons. The largest absolute Gasteiger partial charge is 0.503 e. The maximum Gasteiger partial charge on any atom is 0.251 e. The Morgan fingerprint density at radius 1 is 1.31 bits per heavy atom. The number of hydrogen-bond acceptors (Lipinski definition) is 4. The Labute approximate surface area is 155 Å². The molecule has 7 heteroatoms. The summed E-state index contributed by atoms with van der Waals surface area (Å²) in [4.78, 5) is 16.5. The van der Waals surface area contributed by atoms with Crippen LogP contribution in [0.3, 0.4) is 0 Å². The van der Waals surface area contributed by atoms with Gasteiger partial charge in [-0.05, 0) is 36.2 Å². The number of carbonyl (C=O) groups excluding carboxylic acids is 1. The van der Waals surface area contributed by atoms with E-state index in [0.717, 1.165) is 17.7 Å². The van der Waals surface area contributed by atoms with Crippen molar-refractivity contribution in [3.05, 3.63) is 58.9 Å². The summed E-state index contributed by atoms with van der Waals surface area (Å²) in [6.07, 6.45) is 4.30. The molecule has 2 N–H and O–H groups in total. The molecule has 0 saturated carbocycles. The molecule has 1 aliphatic heterocycles. The van der Waals surface area contributed by atoms with Gasteiger partial charge in [0, 0.05) is 35.8 Å². The van der Waals surface area contributed by atoms with Gasteiger partial charge in [0.2, 0.25) is 0 Å². The summed E-state index contributed by atoms with van der Waals surface area (Å²) in [5.74, 6) is 0.721. The summed E-state index contributed by atoms with van der Waals surface area (Å²) < 4.78 is 7.04. The molecular weight excluding hydrogens is 354 g/mol. The lowest BCUT2D eigenvalue weighted by molar-refractivity contribution is 0.0946. The van der Waals surface area contributed by atoms with E-state index < -0.39 is 0 Å². The molecule has 6 nitrogen and oxygen atoms in total. The van der Waals surface area contributed by atoms with Gasteiger partial charge in [-0.1, -0.05) is 17.7 Å². The van der Waals surface area contributed by atoms with Crippen LogP contribution in [0.1, 0.15) is 15.9 Å². The average Bonchev–Trinajstić information content (AvgIpc) is 3.14. The number of rotatable bonds is 3. The fraction of sp³-hybridized carbons (Fsp3) is 0.158. The molecule has 3 aromatic rings. The molecule has 0 fully saturated rings. The smallest absolute Gasteiger partial charge is 0.251 e. The quantitative estimate of drug-likeness (QED) is 0.743. The van der Waals surface area contributed by atoms with Gasteiger partial charge in [-0.3, -0.25) is 9.36 Å². The lowest BCUT2D eigenvalue weighted by Crippen LogP contribution is -2.31. The minimum Gasteiger partial charge on any atom is -0.503 e. The third-order valence-electron chi connectivity index (χ3n) is 4.44. The van der Waals surface area contributed by atoms with E-state index in [1.165, 1.54) is 7.11 Å². The Morgan fingerprint density at radius 2 is 2.15 bits per heavy atom. The highest BCUT2D eigenvalue weighted by molar-refractivity contribution is 6.32. The first-order valence-electron chi connectivity index (χ1n) is 8.10. The zero-order chi connectivity index (χ0) is 18.3. The van der Waals surface area contributed by atoms with E-state index in [9.17, 15) is 9.90 Å². The van der Waals surface area contributed by atoms with E-state index in [4.69, 9.17) is 16.3 Å². The maximum atomic E-state index is 12.1. The van der Waals surface area contributed by atoms with Crippen molar-refractivity contribution in [2.75, 3.05) is 13.7 Å². The van der Waals surface area contributed by atoms with Gasteiger partial charge in [0.15, 0.2) is 11.5 Å². The van der Waals surface area contributed by atoms with Crippen LogP contribution in [0.25, 0.3) is 17.1 Å². The van der Waals surface area contributed by atoms with Crippen molar-refractivity contribution in [1.29, 1.82) is 0 Å². The number of benzene rings is 2. The lowest BCUT2D eigenvalue weighted by atomic mass is 9.99. The van der Waals surface area contributed by atoms with Crippen molar-refractivity contribution in [3.8, 4) is 28.6 Å². The summed E-state index contributed by atoms with van der Waals surface area (Å²) in [6.45, 7) is 0.660. The molecule has 0 unspecified atom stereocenters. The van der Waals surface area contributed by atoms with Crippen molar-refractivity contribution < 1.29 is 14.6 Å². The van der Waals surface area contributed by atoms with Gasteiger partial charge in [-0.2, -0.15) is 0 Å². The Hall–Kier alpha value is -2.99. The number of imidazole rings is 1. The topological polar surface area (TPSA) is 76.4 Å². The number of phenols is 1. The van der Waals surface area contributed by atoms with Crippen molar-refractivity contribution in [2.45, 2.75) is 6.42 Å². The number of aromatic hydroxyl groups is 1. The molecule has 1 amide bonds. The number of ether oxygens (including phenoxy) is 1. The highest BCUT2D eigenvalue weighted by Gasteiger charge is 2.19. The fourth-order valence-electron chi connectivity index (χ4n) is 3.13. The van der Waals surface area contributed by atoms with E-state index >= 15 is 0 Å². The van der Waals surface area contributed by atoms with Crippen LogP contribution in [0.4, 0.5) is 0 Å². The lowest BCUT2D eigenvalue weighted by Gasteiger charge is -2.18. The highest BCUT2D eigenvalue weighted by atomic mass is 35.5. The number of aromatic nitrogens is 2. The summed E-state index contributed by atoms with van der Waals surface area (Å²) in [7, 11) is 1.46. The zero-order valence-corrected chi connectivity index (χ0v) is 14.7. The van der Waals surface area contributed by atoms with Crippen LogP contribution < -0.4 is 10.1 Å². The van der Waals surface area contributed by atoms with E-state index in [-0.39, 0.29) is 22.4 Å². The minimum absolute atomic E-state index is 0.0656. The van der Waals surface area contributed by atoms with Gasteiger partial charge in [-0.25, -0.2) is 4.98 Å². The number of halogens is 1. The second kappa shape index (κ2) is 6.38. The number of fused-ring (bicyclic) bond motifs is 1. The third kappa shape index (κ3) is 2.68. The number of nitrogens with zero attached hydrogens (tertiary/aromatic N) is 2. The first-order chi connectivity index (χ1) is 12.6. The summed E-state index contributed by atoms with van der Waals surface area (Å²) >= 11 is 6.11. The van der Waals surface area contributed by atoms with Gasteiger partial charge < -0.3 is 15.2 Å². The van der Waals surface area contributed by atoms with Crippen molar-refractivity contribution in [1.82, 2.24) is 14.9 Å². The molecule has 0 radical (unpaired) electrons. The molecule has 0 aliphatic carbocycles. The molecule has 0 spiro atoms. The summed E-state index contributed by atoms with van der Waals surface area (Å²) in [5.41, 5.74) is 3.22. The second-order valence-electron chi connectivity index (χ2n) is 5.98. The standard InChI is InChI=1S/C19H16ClN3O3/c1-26-16-9-12(8-15(20)17(16)24)18-21-6-7-23(18)13-3-2-11-4-5-22-19(25)14(11)10-13/h2-3,6-10,24H,4-5H2,1H3,(H,22,25). The molecule has 2 heterocycles. The number of methoxy groups -OCH3 is 1. The summed E-state index contributed by atoms with van der Waals surface area (Å²) in [6, 6.07) is 9.09. The number of hydrogen-bond donors (Lipinski definition) is 2. The van der Waals surface area contributed by atoms with Crippen molar-refractivity contribution in [2.24, 2.45) is 0 Å². The Balaban J connectivity index is 1.83. The van der Waals surface area contributed by atoms with Gasteiger partial charge in [0.25, 0.3) is 5.91 Å². The van der Waals surface area contributed by atoms with E-state index in [1.807, 2.05) is 29.0 Å². The molecule has 26 heavy (non-hydrogen) atoms. The molecule has 0 bridgehead atoms. The van der Waals surface area contributed by atoms with Crippen LogP contribution in [0, 0.1) is 0 Å². The average molecular weight is 370 g/mol. The number of carbonyl (C=O) groups is 1. The SMILES string of the molecule is COc1cc(-c2nccn2-c2ccc3c(c2)C(=O)NCC3)cc(Cl)c1O. The van der Waals surface area contributed by atoms with Crippen LogP contribution >= 0.6 is 11.6 Å². The number of amides is 1. The second-order valence-corrected chi connectivity index (χ2v) is 6.38. The number of phenolic OH excluding ortho intramolecular Hbond substituents is 1. The van der Waals surface area contributed by atoms with Gasteiger partial charge >= 0.3 is 0 Å². The maximum absolute atomic E-state index is 12.1. The van der Waals surface area contributed by atoms with E-state index in [0.29, 0.717) is 23.5 Å². The molecule has 0 saturated heterocycles. The van der Waals surface area contributed by atoms with Crippen molar-refractivity contribution >= 4 is 17.5 Å². The van der Waals surface area contributed by atoms with E-state index in [2.05, 4.69) is 10.3 Å². The van der Waals surface area contributed by atoms with Crippen LogP contribution in [-0.4, -0.2) is 34.2 Å². The monoisotopic (exact) mass is 369 g/mol. The predicted molar refractivity (Wildman–Crippen MR) is 98.3 cm³/mol. The van der Waals surface area contributed by atoms with E-state index in [1.54, 1.807) is 18.3 Å². The van der Waals surface area contributed by atoms with Crippen LogP contribution in [0.15, 0.2) is 42.7 Å². The first-order valence-corrected chi connectivity index (χ1v) is 8.48. The summed E-state index contributed by atoms with van der Waals surface area (Å²) in [5, 5.41) is 13.0. The molecule has 0 atom stereocenters. The normalized spacial score (nSPS) is 13.2. The minimum atomic E-state index is -0.110. The number of nitrogens with one attached hydrogen (secondary N) is 1. The molecule has 1 aromatic heterocycles. The van der Waals surface area contributed by atoms with Crippen molar-refractivity contribution in [3.63, 3.8) is 0 Å². The Bertz CT molecular complexity index is 1010. The van der Waals surface area contributed by atoms with Gasteiger partial charge in [0.05, 0.1) is 12.1 Å². The van der Waals surface area contributed by atoms with Crippen LogP contribution in [0.2, 0.25) is 5.02 Å². The highest BCUT2D eigenvalue weighted by Crippen LogP contribution is 2.38. The molecule has 4 rings (SSSR count). The van der Waals surface area contributed by atoms with Crippen LogP contribution in [-0.2, 0) is 6.42 Å². The molecular formula is C19H16ClN3O3. The van der Waals surface area contributed by atoms with Gasteiger partial charge in [-0.15, -0.1) is 0 Å². The molecule has 2 aromatic carbocycles. The Kier molecular flexibility index (Phi) is 4.05. The molecule has 1 aliphatic rings.